The van der Waals surface area contributed by atoms with Gasteiger partial charge in [0.15, 0.2) is 0 Å². The van der Waals surface area contributed by atoms with Crippen LogP contribution in [0.5, 0.6) is 0 Å². The Hall–Kier alpha value is -0.970. The second kappa shape index (κ2) is 4.85. The molecule has 19 heavy (non-hydrogen) atoms. The zero-order valence-electron chi connectivity index (χ0n) is 10.6. The SMILES string of the molecule is CC1OCCC1Cn1c(N)nc2cc(Cl)c(Cl)cc21. The molecule has 0 amide bonds. The Balaban J connectivity index is 2.02. The van der Waals surface area contributed by atoms with Gasteiger partial charge in [0.05, 0.1) is 27.2 Å². The maximum Gasteiger partial charge on any atom is 0.201 e. The van der Waals surface area contributed by atoms with Gasteiger partial charge in [0.2, 0.25) is 5.95 Å². The van der Waals surface area contributed by atoms with Crippen molar-refractivity contribution < 1.29 is 4.74 Å². The fraction of sp³-hybridized carbons (Fsp3) is 0.462. The molecule has 0 aliphatic carbocycles. The van der Waals surface area contributed by atoms with Crippen molar-refractivity contribution in [2.24, 2.45) is 5.92 Å². The number of hydrogen-bond donors (Lipinski definition) is 1. The first-order valence-electron chi connectivity index (χ1n) is 6.28. The first-order chi connectivity index (χ1) is 9.06. The quantitative estimate of drug-likeness (QED) is 0.925. The van der Waals surface area contributed by atoms with Gasteiger partial charge in [-0.05, 0) is 25.5 Å². The van der Waals surface area contributed by atoms with Gasteiger partial charge in [-0.2, -0.15) is 0 Å². The highest BCUT2D eigenvalue weighted by atomic mass is 35.5. The Morgan fingerprint density at radius 1 is 1.42 bits per heavy atom. The molecule has 1 saturated heterocycles. The zero-order chi connectivity index (χ0) is 13.6. The molecule has 2 atom stereocenters. The van der Waals surface area contributed by atoms with Crippen LogP contribution in [0.4, 0.5) is 5.95 Å². The predicted octanol–water partition coefficient (Wildman–Crippen LogP) is 3.35. The maximum absolute atomic E-state index is 6.08. The van der Waals surface area contributed by atoms with Gasteiger partial charge in [-0.1, -0.05) is 23.2 Å². The molecular weight excluding hydrogens is 285 g/mol. The van der Waals surface area contributed by atoms with Crippen LogP contribution in [0.25, 0.3) is 11.0 Å². The average Bonchev–Trinajstić information content (AvgIpc) is 2.88. The van der Waals surface area contributed by atoms with Crippen molar-refractivity contribution in [1.29, 1.82) is 0 Å². The van der Waals surface area contributed by atoms with Crippen LogP contribution in [0.1, 0.15) is 13.3 Å². The summed E-state index contributed by atoms with van der Waals surface area (Å²) in [6.45, 7) is 3.70. The Kier molecular flexibility index (Phi) is 3.33. The van der Waals surface area contributed by atoms with Crippen LogP contribution in [-0.2, 0) is 11.3 Å². The molecule has 6 heteroatoms. The molecule has 1 aliphatic heterocycles. The van der Waals surface area contributed by atoms with Crippen LogP contribution in [0.2, 0.25) is 10.0 Å². The smallest absolute Gasteiger partial charge is 0.201 e. The van der Waals surface area contributed by atoms with E-state index in [2.05, 4.69) is 11.9 Å². The zero-order valence-corrected chi connectivity index (χ0v) is 12.1. The molecule has 1 aromatic heterocycles. The molecule has 2 aromatic rings. The van der Waals surface area contributed by atoms with Gasteiger partial charge in [-0.25, -0.2) is 4.98 Å². The highest BCUT2D eigenvalue weighted by Crippen LogP contribution is 2.31. The van der Waals surface area contributed by atoms with E-state index in [0.29, 0.717) is 21.9 Å². The molecule has 0 saturated carbocycles. The Bertz CT molecular complexity index is 626. The van der Waals surface area contributed by atoms with E-state index in [4.69, 9.17) is 33.7 Å². The molecule has 2 heterocycles. The fourth-order valence-corrected chi connectivity index (χ4v) is 2.90. The summed E-state index contributed by atoms with van der Waals surface area (Å²) in [5.41, 5.74) is 7.70. The minimum atomic E-state index is 0.250. The summed E-state index contributed by atoms with van der Waals surface area (Å²) in [5.74, 6) is 0.946. The van der Waals surface area contributed by atoms with E-state index in [9.17, 15) is 0 Å². The number of fused-ring (bicyclic) bond motifs is 1. The van der Waals surface area contributed by atoms with E-state index in [1.54, 1.807) is 6.07 Å². The number of ether oxygens (including phenoxy) is 1. The van der Waals surface area contributed by atoms with Crippen molar-refractivity contribution in [2.45, 2.75) is 26.0 Å². The van der Waals surface area contributed by atoms with E-state index >= 15 is 0 Å². The highest BCUT2D eigenvalue weighted by Gasteiger charge is 2.26. The average molecular weight is 300 g/mol. The third-order valence-corrected chi connectivity index (χ3v) is 4.49. The molecule has 1 aliphatic rings. The van der Waals surface area contributed by atoms with Gasteiger partial charge in [0, 0.05) is 19.1 Å². The number of hydrogen-bond acceptors (Lipinski definition) is 3. The molecule has 1 fully saturated rings. The Morgan fingerprint density at radius 3 is 2.84 bits per heavy atom. The van der Waals surface area contributed by atoms with Crippen molar-refractivity contribution in [1.82, 2.24) is 9.55 Å². The van der Waals surface area contributed by atoms with E-state index in [1.807, 2.05) is 10.6 Å². The summed E-state index contributed by atoms with van der Waals surface area (Å²) >= 11 is 12.1. The van der Waals surface area contributed by atoms with Crippen molar-refractivity contribution in [3.8, 4) is 0 Å². The lowest BCUT2D eigenvalue weighted by Gasteiger charge is -2.16. The predicted molar refractivity (Wildman–Crippen MR) is 77.7 cm³/mol. The third kappa shape index (κ3) is 2.29. The third-order valence-electron chi connectivity index (χ3n) is 3.77. The molecule has 0 bridgehead atoms. The fourth-order valence-electron chi connectivity index (χ4n) is 2.58. The lowest BCUT2D eigenvalue weighted by atomic mass is 10.0. The second-order valence-electron chi connectivity index (χ2n) is 4.96. The molecule has 1 aromatic carbocycles. The summed E-state index contributed by atoms with van der Waals surface area (Å²) in [5, 5.41) is 1.02. The number of rotatable bonds is 2. The van der Waals surface area contributed by atoms with Crippen LogP contribution in [-0.4, -0.2) is 22.3 Å². The second-order valence-corrected chi connectivity index (χ2v) is 5.77. The Labute approximate surface area is 121 Å². The van der Waals surface area contributed by atoms with Gasteiger partial charge in [-0.15, -0.1) is 0 Å². The van der Waals surface area contributed by atoms with E-state index in [1.165, 1.54) is 0 Å². The van der Waals surface area contributed by atoms with Crippen LogP contribution < -0.4 is 5.73 Å². The molecule has 3 rings (SSSR count). The van der Waals surface area contributed by atoms with Gasteiger partial charge < -0.3 is 15.0 Å². The monoisotopic (exact) mass is 299 g/mol. The molecule has 0 radical (unpaired) electrons. The van der Waals surface area contributed by atoms with Crippen LogP contribution >= 0.6 is 23.2 Å². The van der Waals surface area contributed by atoms with Crippen molar-refractivity contribution in [3.63, 3.8) is 0 Å². The number of nitrogen functional groups attached to an aromatic ring is 1. The molecule has 2 unspecified atom stereocenters. The van der Waals surface area contributed by atoms with Gasteiger partial charge >= 0.3 is 0 Å². The largest absolute Gasteiger partial charge is 0.378 e. The van der Waals surface area contributed by atoms with E-state index in [-0.39, 0.29) is 6.10 Å². The molecule has 102 valence electrons. The van der Waals surface area contributed by atoms with Crippen LogP contribution in [0, 0.1) is 5.92 Å². The number of imidazole rings is 1. The van der Waals surface area contributed by atoms with E-state index in [0.717, 1.165) is 30.6 Å². The van der Waals surface area contributed by atoms with Crippen LogP contribution in [0.15, 0.2) is 12.1 Å². The van der Waals surface area contributed by atoms with Crippen molar-refractivity contribution in [3.05, 3.63) is 22.2 Å². The summed E-state index contributed by atoms with van der Waals surface area (Å²) in [6.07, 6.45) is 1.29. The first-order valence-corrected chi connectivity index (χ1v) is 7.04. The number of anilines is 1. The van der Waals surface area contributed by atoms with Crippen LogP contribution in [0.3, 0.4) is 0 Å². The summed E-state index contributed by atoms with van der Waals surface area (Å²) in [4.78, 5) is 4.34. The van der Waals surface area contributed by atoms with Crippen molar-refractivity contribution in [2.75, 3.05) is 12.3 Å². The summed E-state index contributed by atoms with van der Waals surface area (Å²) < 4.78 is 7.58. The standard InChI is InChI=1S/C13H15Cl2N3O/c1-7-8(2-3-19-7)6-18-12-5-10(15)9(14)4-11(12)17-13(18)16/h4-5,7-8H,2-3,6H2,1H3,(H2,16,17). The summed E-state index contributed by atoms with van der Waals surface area (Å²) in [7, 11) is 0. The molecule has 4 nitrogen and oxygen atoms in total. The molecule has 2 N–H and O–H groups in total. The first kappa shape index (κ1) is 13.0. The number of nitrogens with zero attached hydrogens (tertiary/aromatic N) is 2. The van der Waals surface area contributed by atoms with Gasteiger partial charge in [0.25, 0.3) is 0 Å². The normalized spacial score (nSPS) is 23.3. The van der Waals surface area contributed by atoms with Crippen molar-refractivity contribution >= 4 is 40.2 Å². The van der Waals surface area contributed by atoms with Gasteiger partial charge in [-0.3, -0.25) is 0 Å². The maximum atomic E-state index is 6.08. The molecular formula is C13H15Cl2N3O. The highest BCUT2D eigenvalue weighted by molar-refractivity contribution is 6.42. The minimum Gasteiger partial charge on any atom is -0.378 e. The number of nitrogens with two attached hydrogens (primary N) is 1. The topological polar surface area (TPSA) is 53.1 Å². The number of aromatic nitrogens is 2. The van der Waals surface area contributed by atoms with E-state index < -0.39 is 0 Å². The Morgan fingerprint density at radius 2 is 2.16 bits per heavy atom. The minimum absolute atomic E-state index is 0.250. The molecule has 0 spiro atoms. The van der Waals surface area contributed by atoms with Gasteiger partial charge in [0.1, 0.15) is 0 Å². The number of benzene rings is 1. The summed E-state index contributed by atoms with van der Waals surface area (Å²) in [6, 6.07) is 3.57. The lowest BCUT2D eigenvalue weighted by molar-refractivity contribution is 0.102. The lowest BCUT2D eigenvalue weighted by Crippen LogP contribution is -2.19. The number of halogens is 2.